The first-order chi connectivity index (χ1) is 9.24. The SMILES string of the molecule is C[C@H](CN(C)C(=O)CC(C)(C)c1ccccc1)C(=O)O. The average molecular weight is 277 g/mol. The molecule has 0 heterocycles. The lowest BCUT2D eigenvalue weighted by Crippen LogP contribution is -2.37. The molecule has 110 valence electrons. The summed E-state index contributed by atoms with van der Waals surface area (Å²) < 4.78 is 0. The van der Waals surface area contributed by atoms with Crippen molar-refractivity contribution >= 4 is 11.9 Å². The molecule has 0 bridgehead atoms. The highest BCUT2D eigenvalue weighted by atomic mass is 16.4. The molecular formula is C16H23NO3. The van der Waals surface area contributed by atoms with Gasteiger partial charge in [-0.2, -0.15) is 0 Å². The van der Waals surface area contributed by atoms with E-state index in [4.69, 9.17) is 5.11 Å². The topological polar surface area (TPSA) is 57.6 Å². The Balaban J connectivity index is 2.67. The zero-order valence-electron chi connectivity index (χ0n) is 12.6. The van der Waals surface area contributed by atoms with E-state index in [0.29, 0.717) is 6.42 Å². The number of carboxylic acids is 1. The summed E-state index contributed by atoms with van der Waals surface area (Å²) >= 11 is 0. The molecule has 1 aromatic rings. The zero-order valence-corrected chi connectivity index (χ0v) is 12.6. The van der Waals surface area contributed by atoms with Gasteiger partial charge in [0.25, 0.3) is 0 Å². The van der Waals surface area contributed by atoms with Crippen LogP contribution >= 0.6 is 0 Å². The Hall–Kier alpha value is -1.84. The van der Waals surface area contributed by atoms with Crippen molar-refractivity contribution in [3.63, 3.8) is 0 Å². The van der Waals surface area contributed by atoms with Crippen LogP contribution in [-0.2, 0) is 15.0 Å². The molecule has 1 N–H and O–H groups in total. The maximum atomic E-state index is 12.2. The maximum absolute atomic E-state index is 12.2. The summed E-state index contributed by atoms with van der Waals surface area (Å²) in [6.07, 6.45) is 0.361. The minimum Gasteiger partial charge on any atom is -0.481 e. The summed E-state index contributed by atoms with van der Waals surface area (Å²) in [4.78, 5) is 24.6. The second-order valence-corrected chi connectivity index (χ2v) is 5.94. The second kappa shape index (κ2) is 6.55. The van der Waals surface area contributed by atoms with Crippen molar-refractivity contribution in [3.05, 3.63) is 35.9 Å². The third kappa shape index (κ3) is 4.37. The van der Waals surface area contributed by atoms with Gasteiger partial charge in [-0.15, -0.1) is 0 Å². The summed E-state index contributed by atoms with van der Waals surface area (Å²) in [5, 5.41) is 8.89. The molecule has 0 aliphatic carbocycles. The molecule has 0 fully saturated rings. The van der Waals surface area contributed by atoms with E-state index in [2.05, 4.69) is 0 Å². The van der Waals surface area contributed by atoms with Crippen LogP contribution in [0.1, 0.15) is 32.8 Å². The number of carboxylic acid groups (broad SMARTS) is 1. The van der Waals surface area contributed by atoms with Crippen molar-refractivity contribution in [2.24, 2.45) is 5.92 Å². The fourth-order valence-corrected chi connectivity index (χ4v) is 2.10. The molecule has 4 nitrogen and oxygen atoms in total. The van der Waals surface area contributed by atoms with Gasteiger partial charge in [-0.25, -0.2) is 0 Å². The van der Waals surface area contributed by atoms with Gasteiger partial charge in [-0.1, -0.05) is 51.1 Å². The fraction of sp³-hybridized carbons (Fsp3) is 0.500. The third-order valence-corrected chi connectivity index (χ3v) is 3.54. The molecule has 0 unspecified atom stereocenters. The summed E-state index contributed by atoms with van der Waals surface area (Å²) in [5.41, 5.74) is 0.840. The van der Waals surface area contributed by atoms with Crippen molar-refractivity contribution in [1.29, 1.82) is 0 Å². The number of hydrogen-bond acceptors (Lipinski definition) is 2. The number of amides is 1. The highest BCUT2D eigenvalue weighted by molar-refractivity contribution is 5.78. The van der Waals surface area contributed by atoms with Gasteiger partial charge >= 0.3 is 5.97 Å². The predicted molar refractivity (Wildman–Crippen MR) is 78.5 cm³/mol. The highest BCUT2D eigenvalue weighted by Gasteiger charge is 2.26. The van der Waals surface area contributed by atoms with Gasteiger partial charge < -0.3 is 10.0 Å². The van der Waals surface area contributed by atoms with Gasteiger partial charge in [0.15, 0.2) is 0 Å². The van der Waals surface area contributed by atoms with Crippen LogP contribution in [-0.4, -0.2) is 35.5 Å². The van der Waals surface area contributed by atoms with E-state index < -0.39 is 11.9 Å². The van der Waals surface area contributed by atoms with Crippen molar-refractivity contribution in [2.75, 3.05) is 13.6 Å². The van der Waals surface area contributed by atoms with Crippen molar-refractivity contribution in [3.8, 4) is 0 Å². The van der Waals surface area contributed by atoms with Crippen molar-refractivity contribution < 1.29 is 14.7 Å². The summed E-state index contributed by atoms with van der Waals surface area (Å²) in [5.74, 6) is -1.47. The molecule has 0 aliphatic heterocycles. The Morgan fingerprint density at radius 1 is 1.25 bits per heavy atom. The zero-order chi connectivity index (χ0) is 15.3. The van der Waals surface area contributed by atoms with Gasteiger partial charge in [0.1, 0.15) is 0 Å². The molecular weight excluding hydrogens is 254 g/mol. The van der Waals surface area contributed by atoms with Crippen LogP contribution in [0.2, 0.25) is 0 Å². The van der Waals surface area contributed by atoms with Gasteiger partial charge in [-0.05, 0) is 11.0 Å². The number of benzene rings is 1. The largest absolute Gasteiger partial charge is 0.481 e. The molecule has 1 rings (SSSR count). The molecule has 1 aromatic carbocycles. The van der Waals surface area contributed by atoms with E-state index >= 15 is 0 Å². The van der Waals surface area contributed by atoms with E-state index in [1.807, 2.05) is 44.2 Å². The van der Waals surface area contributed by atoms with Gasteiger partial charge in [0, 0.05) is 20.0 Å². The van der Waals surface area contributed by atoms with E-state index in [1.165, 1.54) is 4.90 Å². The molecule has 1 atom stereocenters. The molecule has 0 aliphatic rings. The first-order valence-corrected chi connectivity index (χ1v) is 6.76. The van der Waals surface area contributed by atoms with Gasteiger partial charge in [-0.3, -0.25) is 9.59 Å². The Kier molecular flexibility index (Phi) is 5.31. The van der Waals surface area contributed by atoms with Crippen LogP contribution in [0.3, 0.4) is 0 Å². The van der Waals surface area contributed by atoms with Gasteiger partial charge in [0.05, 0.1) is 5.92 Å². The fourth-order valence-electron chi connectivity index (χ4n) is 2.10. The second-order valence-electron chi connectivity index (χ2n) is 5.94. The lowest BCUT2D eigenvalue weighted by Gasteiger charge is -2.28. The molecule has 0 saturated heterocycles. The minimum absolute atomic E-state index is 0.0352. The lowest BCUT2D eigenvalue weighted by atomic mass is 9.81. The first-order valence-electron chi connectivity index (χ1n) is 6.76. The number of aliphatic carboxylic acids is 1. The number of rotatable bonds is 6. The van der Waals surface area contributed by atoms with Crippen LogP contribution in [0.5, 0.6) is 0 Å². The Bertz CT molecular complexity index is 468. The van der Waals surface area contributed by atoms with E-state index in [0.717, 1.165) is 5.56 Å². The first kappa shape index (κ1) is 16.2. The van der Waals surface area contributed by atoms with Crippen LogP contribution in [0, 0.1) is 5.92 Å². The smallest absolute Gasteiger partial charge is 0.308 e. The monoisotopic (exact) mass is 277 g/mol. The maximum Gasteiger partial charge on any atom is 0.308 e. The van der Waals surface area contributed by atoms with Gasteiger partial charge in [0.2, 0.25) is 5.91 Å². The number of carbonyl (C=O) groups excluding carboxylic acids is 1. The molecule has 0 aromatic heterocycles. The number of carbonyl (C=O) groups is 2. The molecule has 0 radical (unpaired) electrons. The van der Waals surface area contributed by atoms with E-state index in [1.54, 1.807) is 14.0 Å². The molecule has 0 spiro atoms. The predicted octanol–water partition coefficient (Wildman–Crippen LogP) is 2.53. The van der Waals surface area contributed by atoms with Crippen LogP contribution in [0.4, 0.5) is 0 Å². The lowest BCUT2D eigenvalue weighted by molar-refractivity contribution is -0.142. The van der Waals surface area contributed by atoms with Crippen molar-refractivity contribution in [1.82, 2.24) is 4.90 Å². The molecule has 0 saturated carbocycles. The average Bonchev–Trinajstić information content (AvgIpc) is 2.39. The van der Waals surface area contributed by atoms with Crippen LogP contribution in [0.25, 0.3) is 0 Å². The minimum atomic E-state index is -0.882. The number of nitrogens with zero attached hydrogens (tertiary/aromatic N) is 1. The quantitative estimate of drug-likeness (QED) is 0.869. The third-order valence-electron chi connectivity index (χ3n) is 3.54. The van der Waals surface area contributed by atoms with Crippen LogP contribution in [0.15, 0.2) is 30.3 Å². The van der Waals surface area contributed by atoms with E-state index in [-0.39, 0.29) is 17.9 Å². The Labute approximate surface area is 120 Å². The number of hydrogen-bond donors (Lipinski definition) is 1. The molecule has 20 heavy (non-hydrogen) atoms. The Morgan fingerprint density at radius 2 is 1.80 bits per heavy atom. The standard InChI is InChI=1S/C16H23NO3/c1-12(15(19)20)11-17(4)14(18)10-16(2,3)13-8-6-5-7-9-13/h5-9,12H,10-11H2,1-4H3,(H,19,20)/t12-/m1/s1. The van der Waals surface area contributed by atoms with E-state index in [9.17, 15) is 9.59 Å². The summed E-state index contributed by atoms with van der Waals surface area (Å²) in [6, 6.07) is 9.87. The highest BCUT2D eigenvalue weighted by Crippen LogP contribution is 2.27. The molecule has 4 heteroatoms. The summed E-state index contributed by atoms with van der Waals surface area (Å²) in [7, 11) is 1.66. The normalized spacial score (nSPS) is 12.8. The van der Waals surface area contributed by atoms with Crippen molar-refractivity contribution in [2.45, 2.75) is 32.6 Å². The molecule has 1 amide bonds. The van der Waals surface area contributed by atoms with Crippen LogP contribution < -0.4 is 0 Å². The Morgan fingerprint density at radius 3 is 2.30 bits per heavy atom. The summed E-state index contributed by atoms with van der Waals surface area (Å²) in [6.45, 7) is 5.89.